The molecule has 2 N–H and O–H groups in total. The molecule has 0 radical (unpaired) electrons. The third-order valence-electron chi connectivity index (χ3n) is 4.08. The molecule has 1 saturated heterocycles. The summed E-state index contributed by atoms with van der Waals surface area (Å²) in [4.78, 5) is 8.90. The molecule has 0 spiro atoms. The Morgan fingerprint density at radius 1 is 1.21 bits per heavy atom. The first kappa shape index (κ1) is 16.7. The van der Waals surface area contributed by atoms with Crippen LogP contribution in [-0.4, -0.2) is 35.9 Å². The van der Waals surface area contributed by atoms with Crippen molar-refractivity contribution in [3.8, 4) is 0 Å². The Bertz CT molecular complexity index is 809. The van der Waals surface area contributed by atoms with E-state index in [9.17, 15) is 8.42 Å². The van der Waals surface area contributed by atoms with Crippen LogP contribution in [0, 0.1) is 6.92 Å². The van der Waals surface area contributed by atoms with E-state index in [0.29, 0.717) is 18.2 Å². The van der Waals surface area contributed by atoms with Crippen molar-refractivity contribution in [1.29, 1.82) is 0 Å². The number of aromatic nitrogens is 2. The molecule has 1 aliphatic heterocycles. The summed E-state index contributed by atoms with van der Waals surface area (Å²) in [6, 6.07) is 11.9. The first-order valence-corrected chi connectivity index (χ1v) is 9.87. The fraction of sp³-hybridized carbons (Fsp3) is 0.412. The SMILES string of the molecule is Cc1cc(NC2CCS(=O)(=O)C2)nc(NC(C)c2ccccc2)n1. The quantitative estimate of drug-likeness (QED) is 0.866. The van der Waals surface area contributed by atoms with Gasteiger partial charge in [-0.3, -0.25) is 0 Å². The second-order valence-electron chi connectivity index (χ2n) is 6.24. The molecule has 1 aromatic heterocycles. The molecule has 1 aliphatic rings. The van der Waals surface area contributed by atoms with Crippen molar-refractivity contribution in [2.45, 2.75) is 32.4 Å². The van der Waals surface area contributed by atoms with E-state index in [-0.39, 0.29) is 23.6 Å². The Balaban J connectivity index is 1.72. The van der Waals surface area contributed by atoms with Crippen molar-refractivity contribution in [2.75, 3.05) is 22.1 Å². The van der Waals surface area contributed by atoms with Gasteiger partial charge in [0.1, 0.15) is 5.82 Å². The lowest BCUT2D eigenvalue weighted by molar-refractivity contribution is 0.602. The summed E-state index contributed by atoms with van der Waals surface area (Å²) in [5, 5.41) is 6.52. The zero-order chi connectivity index (χ0) is 17.2. The summed E-state index contributed by atoms with van der Waals surface area (Å²) in [7, 11) is -2.91. The zero-order valence-electron chi connectivity index (χ0n) is 13.9. The average molecular weight is 346 g/mol. The second kappa shape index (κ2) is 6.76. The highest BCUT2D eigenvalue weighted by Crippen LogP contribution is 2.20. The fourth-order valence-corrected chi connectivity index (χ4v) is 4.52. The molecule has 0 aliphatic carbocycles. The first-order chi connectivity index (χ1) is 11.4. The Labute approximate surface area is 142 Å². The van der Waals surface area contributed by atoms with Gasteiger partial charge in [-0.25, -0.2) is 13.4 Å². The van der Waals surface area contributed by atoms with E-state index in [0.717, 1.165) is 11.3 Å². The Kier molecular flexibility index (Phi) is 4.71. The van der Waals surface area contributed by atoms with E-state index in [1.165, 1.54) is 0 Å². The first-order valence-electron chi connectivity index (χ1n) is 8.05. The van der Waals surface area contributed by atoms with E-state index in [2.05, 4.69) is 39.7 Å². The summed E-state index contributed by atoms with van der Waals surface area (Å²) < 4.78 is 23.2. The minimum Gasteiger partial charge on any atom is -0.366 e. The molecule has 24 heavy (non-hydrogen) atoms. The molecule has 0 saturated carbocycles. The fourth-order valence-electron chi connectivity index (χ4n) is 2.84. The molecule has 1 aromatic carbocycles. The number of nitrogens with one attached hydrogen (secondary N) is 2. The average Bonchev–Trinajstić information content (AvgIpc) is 2.86. The van der Waals surface area contributed by atoms with Crippen LogP contribution in [0.3, 0.4) is 0 Å². The van der Waals surface area contributed by atoms with Gasteiger partial charge in [0.2, 0.25) is 5.95 Å². The minimum absolute atomic E-state index is 0.0766. The summed E-state index contributed by atoms with van der Waals surface area (Å²) in [6.07, 6.45) is 0.620. The Morgan fingerprint density at radius 3 is 2.62 bits per heavy atom. The molecule has 2 unspecified atom stereocenters. The summed E-state index contributed by atoms with van der Waals surface area (Å²) in [5.41, 5.74) is 1.98. The van der Waals surface area contributed by atoms with Gasteiger partial charge in [-0.1, -0.05) is 30.3 Å². The lowest BCUT2D eigenvalue weighted by atomic mass is 10.1. The molecule has 0 amide bonds. The van der Waals surface area contributed by atoms with Crippen molar-refractivity contribution in [3.63, 3.8) is 0 Å². The monoisotopic (exact) mass is 346 g/mol. The highest BCUT2D eigenvalue weighted by molar-refractivity contribution is 7.91. The minimum atomic E-state index is -2.91. The Hall–Kier alpha value is -2.15. The lowest BCUT2D eigenvalue weighted by Gasteiger charge is -2.17. The molecule has 128 valence electrons. The van der Waals surface area contributed by atoms with E-state index >= 15 is 0 Å². The third-order valence-corrected chi connectivity index (χ3v) is 5.85. The van der Waals surface area contributed by atoms with Gasteiger partial charge in [0.25, 0.3) is 0 Å². The summed E-state index contributed by atoms with van der Waals surface area (Å²) >= 11 is 0. The van der Waals surface area contributed by atoms with Gasteiger partial charge in [0.15, 0.2) is 9.84 Å². The van der Waals surface area contributed by atoms with Crippen molar-refractivity contribution in [1.82, 2.24) is 9.97 Å². The van der Waals surface area contributed by atoms with Gasteiger partial charge in [0.05, 0.1) is 17.5 Å². The van der Waals surface area contributed by atoms with Crippen LogP contribution in [0.15, 0.2) is 36.4 Å². The van der Waals surface area contributed by atoms with Crippen molar-refractivity contribution >= 4 is 21.6 Å². The van der Waals surface area contributed by atoms with Crippen LogP contribution in [0.2, 0.25) is 0 Å². The molecule has 0 bridgehead atoms. The van der Waals surface area contributed by atoms with Gasteiger partial charge in [0, 0.05) is 17.8 Å². The van der Waals surface area contributed by atoms with Crippen LogP contribution in [0.5, 0.6) is 0 Å². The predicted octanol–water partition coefficient (Wildman–Crippen LogP) is 2.56. The molecular weight excluding hydrogens is 324 g/mol. The molecule has 3 rings (SSSR count). The molecule has 2 aromatic rings. The van der Waals surface area contributed by atoms with Crippen molar-refractivity contribution in [2.24, 2.45) is 0 Å². The van der Waals surface area contributed by atoms with Crippen LogP contribution in [-0.2, 0) is 9.84 Å². The maximum absolute atomic E-state index is 11.6. The highest BCUT2D eigenvalue weighted by Gasteiger charge is 2.28. The third kappa shape index (κ3) is 4.23. The van der Waals surface area contributed by atoms with Gasteiger partial charge in [-0.05, 0) is 25.8 Å². The maximum Gasteiger partial charge on any atom is 0.225 e. The topological polar surface area (TPSA) is 84.0 Å². The van der Waals surface area contributed by atoms with Gasteiger partial charge in [-0.15, -0.1) is 0 Å². The van der Waals surface area contributed by atoms with Gasteiger partial charge >= 0.3 is 0 Å². The van der Waals surface area contributed by atoms with Crippen molar-refractivity contribution in [3.05, 3.63) is 47.7 Å². The molecule has 6 nitrogen and oxygen atoms in total. The number of aryl methyl sites for hydroxylation is 1. The number of anilines is 2. The normalized spacial score (nSPS) is 20.5. The summed E-state index contributed by atoms with van der Waals surface area (Å²) in [6.45, 7) is 3.95. The summed E-state index contributed by atoms with van der Waals surface area (Å²) in [5.74, 6) is 1.60. The van der Waals surface area contributed by atoms with E-state index < -0.39 is 9.84 Å². The molecular formula is C17H22N4O2S. The van der Waals surface area contributed by atoms with E-state index in [1.54, 1.807) is 0 Å². The number of hydrogen-bond donors (Lipinski definition) is 2. The van der Waals surface area contributed by atoms with Crippen LogP contribution in [0.1, 0.15) is 30.6 Å². The van der Waals surface area contributed by atoms with Crippen molar-refractivity contribution < 1.29 is 8.42 Å². The van der Waals surface area contributed by atoms with Gasteiger partial charge in [-0.2, -0.15) is 4.98 Å². The van der Waals surface area contributed by atoms with E-state index in [1.807, 2.05) is 31.2 Å². The number of rotatable bonds is 5. The smallest absolute Gasteiger partial charge is 0.225 e. The lowest BCUT2D eigenvalue weighted by Crippen LogP contribution is -2.22. The number of benzene rings is 1. The number of sulfone groups is 1. The second-order valence-corrected chi connectivity index (χ2v) is 8.47. The van der Waals surface area contributed by atoms with Crippen LogP contribution >= 0.6 is 0 Å². The molecule has 2 atom stereocenters. The number of nitrogens with zero attached hydrogens (tertiary/aromatic N) is 2. The Morgan fingerprint density at radius 2 is 1.96 bits per heavy atom. The molecule has 2 heterocycles. The highest BCUT2D eigenvalue weighted by atomic mass is 32.2. The van der Waals surface area contributed by atoms with E-state index in [4.69, 9.17) is 0 Å². The largest absolute Gasteiger partial charge is 0.366 e. The molecule has 1 fully saturated rings. The van der Waals surface area contributed by atoms with Gasteiger partial charge < -0.3 is 10.6 Å². The van der Waals surface area contributed by atoms with Crippen LogP contribution in [0.4, 0.5) is 11.8 Å². The maximum atomic E-state index is 11.6. The predicted molar refractivity (Wildman–Crippen MR) is 95.9 cm³/mol. The van der Waals surface area contributed by atoms with Crippen LogP contribution < -0.4 is 10.6 Å². The molecule has 7 heteroatoms. The number of hydrogen-bond acceptors (Lipinski definition) is 6. The zero-order valence-corrected chi connectivity index (χ0v) is 14.7. The standard InChI is InChI=1S/C17H22N4O2S/c1-12-10-16(20-15-8-9-24(22,23)11-15)21-17(18-12)19-13(2)14-6-4-3-5-7-14/h3-7,10,13,15H,8-9,11H2,1-2H3,(H2,18,19,20,21). The van der Waals surface area contributed by atoms with Crippen LogP contribution in [0.25, 0.3) is 0 Å².